The van der Waals surface area contributed by atoms with Crippen molar-refractivity contribution >= 4 is 0 Å². The summed E-state index contributed by atoms with van der Waals surface area (Å²) in [5.74, 6) is 1.64. The maximum Gasteiger partial charge on any atom is 0.128 e. The van der Waals surface area contributed by atoms with Crippen LogP contribution in [0, 0.1) is 6.92 Å². The number of aromatic nitrogens is 2. The molecule has 4 nitrogen and oxygen atoms in total. The fourth-order valence-electron chi connectivity index (χ4n) is 2.89. The normalized spacial score (nSPS) is 13.5. The van der Waals surface area contributed by atoms with Crippen LogP contribution in [0.4, 0.5) is 0 Å². The molecular weight excluding hydrogens is 300 g/mol. The molecule has 0 bridgehead atoms. The minimum absolute atomic E-state index is 0.675. The van der Waals surface area contributed by atoms with Gasteiger partial charge in [-0.3, -0.25) is 0 Å². The molecule has 3 aromatic rings. The zero-order chi connectivity index (χ0) is 17.2. The zero-order valence-corrected chi connectivity index (χ0v) is 14.2. The van der Waals surface area contributed by atoms with E-state index in [1.807, 2.05) is 49.4 Å². The van der Waals surface area contributed by atoms with Crippen molar-refractivity contribution in [3.8, 4) is 5.75 Å². The van der Waals surface area contributed by atoms with E-state index in [-0.39, 0.29) is 0 Å². The summed E-state index contributed by atoms with van der Waals surface area (Å²) in [6.45, 7) is 4.43. The highest BCUT2D eigenvalue weighted by Gasteiger charge is 2.30. The number of methoxy groups -OCH3 is 1. The molecule has 2 aromatic carbocycles. The second kappa shape index (κ2) is 6.49. The Hall–Kier alpha value is -2.59. The van der Waals surface area contributed by atoms with Gasteiger partial charge in [-0.25, -0.2) is 4.98 Å². The third-order valence-corrected chi connectivity index (χ3v) is 4.39. The summed E-state index contributed by atoms with van der Waals surface area (Å²) in [6.07, 6.45) is 1.75. The maximum atomic E-state index is 11.2. The predicted octanol–water partition coefficient (Wildman–Crippen LogP) is 3.50. The molecule has 1 heterocycles. The van der Waals surface area contributed by atoms with Crippen molar-refractivity contribution in [2.75, 3.05) is 7.11 Å². The number of imidazole rings is 1. The van der Waals surface area contributed by atoms with Crippen molar-refractivity contribution in [3.05, 3.63) is 83.4 Å². The summed E-state index contributed by atoms with van der Waals surface area (Å²) < 4.78 is 7.25. The van der Waals surface area contributed by atoms with Crippen molar-refractivity contribution in [2.24, 2.45) is 0 Å². The van der Waals surface area contributed by atoms with Crippen molar-refractivity contribution in [1.82, 2.24) is 9.55 Å². The fourth-order valence-corrected chi connectivity index (χ4v) is 2.89. The molecule has 0 saturated heterocycles. The van der Waals surface area contributed by atoms with Crippen molar-refractivity contribution in [3.63, 3.8) is 0 Å². The van der Waals surface area contributed by atoms with Crippen LogP contribution in [0.15, 0.2) is 60.8 Å². The van der Waals surface area contributed by atoms with E-state index in [4.69, 9.17) is 4.74 Å². The Labute approximate surface area is 142 Å². The highest BCUT2D eigenvalue weighted by atomic mass is 16.5. The molecule has 0 unspecified atom stereocenters. The third-order valence-electron chi connectivity index (χ3n) is 4.39. The topological polar surface area (TPSA) is 47.3 Å². The van der Waals surface area contributed by atoms with Gasteiger partial charge in [-0.1, -0.05) is 42.5 Å². The SMILES string of the molecule is COc1ccc([C@](C)(O)c2cnc(C)n2Cc2ccccc2)cc1. The molecule has 0 amide bonds. The predicted molar refractivity (Wildman–Crippen MR) is 94.2 cm³/mol. The van der Waals surface area contributed by atoms with Crippen LogP contribution in [0.25, 0.3) is 0 Å². The van der Waals surface area contributed by atoms with E-state index in [0.717, 1.165) is 22.8 Å². The van der Waals surface area contributed by atoms with Gasteiger partial charge in [-0.05, 0) is 37.1 Å². The molecule has 0 spiro atoms. The average molecular weight is 322 g/mol. The Bertz CT molecular complexity index is 805. The molecule has 1 atom stereocenters. The van der Waals surface area contributed by atoms with Gasteiger partial charge in [0.05, 0.1) is 19.0 Å². The van der Waals surface area contributed by atoms with Gasteiger partial charge in [0, 0.05) is 6.54 Å². The average Bonchev–Trinajstić information content (AvgIpc) is 2.97. The number of hydrogen-bond donors (Lipinski definition) is 1. The molecule has 3 rings (SSSR count). The Morgan fingerprint density at radius 2 is 1.75 bits per heavy atom. The molecular formula is C20H22N2O2. The minimum Gasteiger partial charge on any atom is -0.497 e. The number of aliphatic hydroxyl groups is 1. The Balaban J connectivity index is 1.98. The van der Waals surface area contributed by atoms with E-state index in [2.05, 4.69) is 21.7 Å². The van der Waals surface area contributed by atoms with E-state index in [9.17, 15) is 5.11 Å². The monoisotopic (exact) mass is 322 g/mol. The number of aryl methyl sites for hydroxylation is 1. The quantitative estimate of drug-likeness (QED) is 0.782. The zero-order valence-electron chi connectivity index (χ0n) is 14.2. The van der Waals surface area contributed by atoms with Gasteiger partial charge in [0.15, 0.2) is 0 Å². The molecule has 0 fully saturated rings. The van der Waals surface area contributed by atoms with Gasteiger partial charge in [0.25, 0.3) is 0 Å². The molecule has 0 aliphatic heterocycles. The van der Waals surface area contributed by atoms with Crippen molar-refractivity contribution in [1.29, 1.82) is 0 Å². The lowest BCUT2D eigenvalue weighted by atomic mass is 9.92. The Morgan fingerprint density at radius 3 is 2.38 bits per heavy atom. The van der Waals surface area contributed by atoms with E-state index in [1.165, 1.54) is 5.56 Å². The molecule has 1 aromatic heterocycles. The Kier molecular flexibility index (Phi) is 4.40. The second-order valence-corrected chi connectivity index (χ2v) is 6.06. The molecule has 0 aliphatic carbocycles. The highest BCUT2D eigenvalue weighted by molar-refractivity contribution is 5.36. The first-order chi connectivity index (χ1) is 11.5. The summed E-state index contributed by atoms with van der Waals surface area (Å²) in [6, 6.07) is 17.7. The van der Waals surface area contributed by atoms with Crippen LogP contribution < -0.4 is 4.74 Å². The van der Waals surface area contributed by atoms with Crippen LogP contribution >= 0.6 is 0 Å². The van der Waals surface area contributed by atoms with Crippen molar-refractivity contribution in [2.45, 2.75) is 26.0 Å². The van der Waals surface area contributed by atoms with Gasteiger partial charge in [0.2, 0.25) is 0 Å². The first kappa shape index (κ1) is 16.3. The number of hydrogen-bond acceptors (Lipinski definition) is 3. The maximum absolute atomic E-state index is 11.2. The van der Waals surface area contributed by atoms with Gasteiger partial charge in [-0.2, -0.15) is 0 Å². The lowest BCUT2D eigenvalue weighted by molar-refractivity contribution is 0.0932. The summed E-state index contributed by atoms with van der Waals surface area (Å²) >= 11 is 0. The first-order valence-corrected chi connectivity index (χ1v) is 7.96. The van der Waals surface area contributed by atoms with Gasteiger partial charge in [-0.15, -0.1) is 0 Å². The number of rotatable bonds is 5. The summed E-state index contributed by atoms with van der Waals surface area (Å²) in [5.41, 5.74) is 1.61. The van der Waals surface area contributed by atoms with Gasteiger partial charge in [0.1, 0.15) is 17.2 Å². The van der Waals surface area contributed by atoms with Crippen LogP contribution in [0.2, 0.25) is 0 Å². The van der Waals surface area contributed by atoms with Crippen molar-refractivity contribution < 1.29 is 9.84 Å². The lowest BCUT2D eigenvalue weighted by Crippen LogP contribution is -2.27. The molecule has 0 saturated carbocycles. The summed E-state index contributed by atoms with van der Waals surface area (Å²) in [5, 5.41) is 11.2. The van der Waals surface area contributed by atoms with Gasteiger partial charge >= 0.3 is 0 Å². The van der Waals surface area contributed by atoms with E-state index in [1.54, 1.807) is 20.2 Å². The van der Waals surface area contributed by atoms with E-state index >= 15 is 0 Å². The van der Waals surface area contributed by atoms with Crippen LogP contribution in [0.3, 0.4) is 0 Å². The second-order valence-electron chi connectivity index (χ2n) is 6.06. The lowest BCUT2D eigenvalue weighted by Gasteiger charge is -2.26. The van der Waals surface area contributed by atoms with Gasteiger partial charge < -0.3 is 14.4 Å². The van der Waals surface area contributed by atoms with E-state index < -0.39 is 5.60 Å². The smallest absolute Gasteiger partial charge is 0.128 e. The third kappa shape index (κ3) is 3.05. The fraction of sp³-hybridized carbons (Fsp3) is 0.250. The largest absolute Gasteiger partial charge is 0.497 e. The number of nitrogens with zero attached hydrogens (tertiary/aromatic N) is 2. The summed E-state index contributed by atoms with van der Waals surface area (Å²) in [4.78, 5) is 4.42. The highest BCUT2D eigenvalue weighted by Crippen LogP contribution is 2.31. The molecule has 0 radical (unpaired) electrons. The first-order valence-electron chi connectivity index (χ1n) is 7.96. The van der Waals surface area contributed by atoms with Crippen LogP contribution in [-0.4, -0.2) is 21.8 Å². The molecule has 124 valence electrons. The molecule has 4 heteroatoms. The van der Waals surface area contributed by atoms with E-state index in [0.29, 0.717) is 6.54 Å². The van der Waals surface area contributed by atoms with Crippen LogP contribution in [0.1, 0.15) is 29.6 Å². The molecule has 24 heavy (non-hydrogen) atoms. The molecule has 0 aliphatic rings. The number of benzene rings is 2. The van der Waals surface area contributed by atoms with Crippen LogP contribution in [0.5, 0.6) is 5.75 Å². The van der Waals surface area contributed by atoms with Crippen LogP contribution in [-0.2, 0) is 12.1 Å². The standard InChI is InChI=1S/C20H22N2O2/c1-15-21-13-19(22(15)14-16-7-5-4-6-8-16)20(2,23)17-9-11-18(24-3)12-10-17/h4-13,23H,14H2,1-3H3/t20-/m0/s1. The molecule has 1 N–H and O–H groups in total. The summed E-state index contributed by atoms with van der Waals surface area (Å²) in [7, 11) is 1.63. The number of ether oxygens (including phenoxy) is 1. The minimum atomic E-state index is -1.14. The Morgan fingerprint density at radius 1 is 1.08 bits per heavy atom.